The summed E-state index contributed by atoms with van der Waals surface area (Å²) in [7, 11) is 1.32. The van der Waals surface area contributed by atoms with Crippen molar-refractivity contribution in [3.05, 3.63) is 56.8 Å². The Morgan fingerprint density at radius 3 is 2.68 bits per heavy atom. The van der Waals surface area contributed by atoms with Crippen molar-refractivity contribution in [3.8, 4) is 0 Å². The summed E-state index contributed by atoms with van der Waals surface area (Å²) in [6.45, 7) is 1.99. The lowest BCUT2D eigenvalue weighted by Crippen LogP contribution is -2.04. The molecule has 1 N–H and O–H groups in total. The Morgan fingerprint density at radius 2 is 2.11 bits per heavy atom. The molecule has 1 aromatic heterocycles. The van der Waals surface area contributed by atoms with E-state index in [-0.39, 0.29) is 0 Å². The minimum absolute atomic E-state index is 0.326. The lowest BCUT2D eigenvalue weighted by atomic mass is 10.1. The van der Waals surface area contributed by atoms with E-state index in [0.717, 1.165) is 11.3 Å². The highest BCUT2D eigenvalue weighted by Crippen LogP contribution is 2.30. The molecule has 0 aliphatic rings. The second-order valence-electron chi connectivity index (χ2n) is 4.26. The van der Waals surface area contributed by atoms with E-state index in [1.54, 1.807) is 12.1 Å². The molecule has 0 spiro atoms. The van der Waals surface area contributed by atoms with Gasteiger partial charge in [0.15, 0.2) is 0 Å². The molecule has 0 aliphatic carbocycles. The molecule has 0 radical (unpaired) electrons. The van der Waals surface area contributed by atoms with Crippen LogP contribution in [0.4, 0.5) is 0 Å². The maximum absolute atomic E-state index is 11.6. The van der Waals surface area contributed by atoms with Crippen LogP contribution in [0.25, 0.3) is 0 Å². The molecule has 0 bridgehead atoms. The van der Waals surface area contributed by atoms with Crippen LogP contribution in [0.1, 0.15) is 27.2 Å². The summed E-state index contributed by atoms with van der Waals surface area (Å²) in [6.07, 6.45) is 2.44. The summed E-state index contributed by atoms with van der Waals surface area (Å²) < 4.78 is 4.69. The third-order valence-electron chi connectivity index (χ3n) is 2.85. The van der Waals surface area contributed by atoms with Gasteiger partial charge in [0, 0.05) is 23.3 Å². The van der Waals surface area contributed by atoms with Crippen molar-refractivity contribution in [1.29, 1.82) is 0 Å². The molecular formula is C14H13Cl2NO2. The molecule has 1 heterocycles. The van der Waals surface area contributed by atoms with Crippen LogP contribution in [-0.4, -0.2) is 18.1 Å². The van der Waals surface area contributed by atoms with Gasteiger partial charge >= 0.3 is 5.97 Å². The monoisotopic (exact) mass is 297 g/mol. The number of H-pyrrole nitrogens is 1. The molecule has 1 aromatic carbocycles. The fourth-order valence-electron chi connectivity index (χ4n) is 1.88. The lowest BCUT2D eigenvalue weighted by Gasteiger charge is -2.09. The molecule has 0 saturated carbocycles. The van der Waals surface area contributed by atoms with Crippen molar-refractivity contribution in [1.82, 2.24) is 4.98 Å². The van der Waals surface area contributed by atoms with Gasteiger partial charge in [-0.2, -0.15) is 0 Å². The van der Waals surface area contributed by atoms with Crippen molar-refractivity contribution in [2.45, 2.75) is 13.3 Å². The Kier molecular flexibility index (Phi) is 4.17. The van der Waals surface area contributed by atoms with Gasteiger partial charge in [0.05, 0.1) is 17.7 Å². The van der Waals surface area contributed by atoms with Crippen LogP contribution in [0.5, 0.6) is 0 Å². The number of aromatic amines is 1. The highest BCUT2D eigenvalue weighted by molar-refractivity contribution is 6.38. The second kappa shape index (κ2) is 5.68. The van der Waals surface area contributed by atoms with Crippen molar-refractivity contribution >= 4 is 29.2 Å². The molecule has 0 saturated heterocycles. The van der Waals surface area contributed by atoms with E-state index in [4.69, 9.17) is 27.9 Å². The number of aromatic nitrogens is 1. The highest BCUT2D eigenvalue weighted by Gasteiger charge is 2.17. The number of hydrogen-bond acceptors (Lipinski definition) is 2. The van der Waals surface area contributed by atoms with E-state index in [0.29, 0.717) is 27.6 Å². The van der Waals surface area contributed by atoms with E-state index in [9.17, 15) is 4.79 Å². The standard InChI is InChI=1S/C14H13Cl2NO2/c1-8-5-9(17-7-8)6-11-12(15)4-3-10(13(11)16)14(18)19-2/h3-5,7,17H,6H2,1-2H3. The summed E-state index contributed by atoms with van der Waals surface area (Å²) in [5.41, 5.74) is 3.16. The number of esters is 1. The topological polar surface area (TPSA) is 42.1 Å². The van der Waals surface area contributed by atoms with Crippen molar-refractivity contribution in [2.24, 2.45) is 0 Å². The van der Waals surface area contributed by atoms with Gasteiger partial charge in [-0.15, -0.1) is 0 Å². The SMILES string of the molecule is COC(=O)c1ccc(Cl)c(Cc2cc(C)c[nH]2)c1Cl. The number of halogens is 2. The molecule has 5 heteroatoms. The summed E-state index contributed by atoms with van der Waals surface area (Å²) in [6, 6.07) is 5.24. The first-order valence-electron chi connectivity index (χ1n) is 5.72. The Hall–Kier alpha value is -1.45. The first kappa shape index (κ1) is 14.0. The van der Waals surface area contributed by atoms with Gasteiger partial charge < -0.3 is 9.72 Å². The van der Waals surface area contributed by atoms with Gasteiger partial charge in [0.25, 0.3) is 0 Å². The van der Waals surface area contributed by atoms with Crippen LogP contribution in [-0.2, 0) is 11.2 Å². The fraction of sp³-hybridized carbons (Fsp3) is 0.214. The van der Waals surface area contributed by atoms with Crippen LogP contribution >= 0.6 is 23.2 Å². The largest absolute Gasteiger partial charge is 0.465 e. The predicted octanol–water partition coefficient (Wildman–Crippen LogP) is 4.01. The first-order chi connectivity index (χ1) is 9.02. The maximum Gasteiger partial charge on any atom is 0.339 e. The normalized spacial score (nSPS) is 10.5. The van der Waals surface area contributed by atoms with Gasteiger partial charge in [-0.1, -0.05) is 23.2 Å². The minimum Gasteiger partial charge on any atom is -0.465 e. The zero-order chi connectivity index (χ0) is 14.0. The molecule has 19 heavy (non-hydrogen) atoms. The number of benzene rings is 1. The van der Waals surface area contributed by atoms with Gasteiger partial charge in [0.2, 0.25) is 0 Å². The number of hydrogen-bond donors (Lipinski definition) is 1. The van der Waals surface area contributed by atoms with Crippen LogP contribution in [0, 0.1) is 6.92 Å². The van der Waals surface area contributed by atoms with Crippen LogP contribution in [0.15, 0.2) is 24.4 Å². The molecule has 3 nitrogen and oxygen atoms in total. The van der Waals surface area contributed by atoms with Crippen LogP contribution < -0.4 is 0 Å². The molecule has 0 aliphatic heterocycles. The Morgan fingerprint density at radius 1 is 1.37 bits per heavy atom. The number of aryl methyl sites for hydroxylation is 1. The number of methoxy groups -OCH3 is 1. The molecule has 2 rings (SSSR count). The quantitative estimate of drug-likeness (QED) is 0.870. The molecule has 0 atom stereocenters. The average molecular weight is 298 g/mol. The van der Waals surface area contributed by atoms with Gasteiger partial charge in [-0.05, 0) is 36.2 Å². The second-order valence-corrected chi connectivity index (χ2v) is 5.04. The van der Waals surface area contributed by atoms with Gasteiger partial charge in [0.1, 0.15) is 0 Å². The number of carbonyl (C=O) groups excluding carboxylic acids is 1. The molecule has 0 amide bonds. The Labute approximate surface area is 121 Å². The van der Waals surface area contributed by atoms with E-state index in [1.807, 2.05) is 19.2 Å². The van der Waals surface area contributed by atoms with E-state index < -0.39 is 5.97 Å². The Bertz CT molecular complexity index is 620. The number of ether oxygens (including phenoxy) is 1. The number of rotatable bonds is 3. The van der Waals surface area contributed by atoms with E-state index >= 15 is 0 Å². The zero-order valence-corrected chi connectivity index (χ0v) is 12.1. The molecule has 2 aromatic rings. The summed E-state index contributed by atoms with van der Waals surface area (Å²) >= 11 is 12.4. The predicted molar refractivity (Wildman–Crippen MR) is 76.1 cm³/mol. The molecule has 0 unspecified atom stereocenters. The van der Waals surface area contributed by atoms with Crippen LogP contribution in [0.2, 0.25) is 10.0 Å². The van der Waals surface area contributed by atoms with Crippen LogP contribution in [0.3, 0.4) is 0 Å². The summed E-state index contributed by atoms with van der Waals surface area (Å²) in [5.74, 6) is -0.467. The van der Waals surface area contributed by atoms with E-state index in [2.05, 4.69) is 4.98 Å². The highest BCUT2D eigenvalue weighted by atomic mass is 35.5. The fourth-order valence-corrected chi connectivity index (χ4v) is 2.47. The first-order valence-corrected chi connectivity index (χ1v) is 6.47. The van der Waals surface area contributed by atoms with Gasteiger partial charge in [-0.25, -0.2) is 4.79 Å². The summed E-state index contributed by atoms with van der Waals surface area (Å²) in [5, 5.41) is 0.872. The molecule has 100 valence electrons. The average Bonchev–Trinajstić information content (AvgIpc) is 2.79. The van der Waals surface area contributed by atoms with Crippen molar-refractivity contribution in [2.75, 3.05) is 7.11 Å². The third kappa shape index (κ3) is 2.94. The molecule has 0 fully saturated rings. The Balaban J connectivity index is 2.41. The van der Waals surface area contributed by atoms with Crippen molar-refractivity contribution in [3.63, 3.8) is 0 Å². The molecular weight excluding hydrogens is 285 g/mol. The maximum atomic E-state index is 11.6. The third-order valence-corrected chi connectivity index (χ3v) is 3.63. The smallest absolute Gasteiger partial charge is 0.339 e. The van der Waals surface area contributed by atoms with E-state index in [1.165, 1.54) is 7.11 Å². The van der Waals surface area contributed by atoms with Crippen molar-refractivity contribution < 1.29 is 9.53 Å². The summed E-state index contributed by atoms with van der Waals surface area (Å²) in [4.78, 5) is 14.7. The zero-order valence-electron chi connectivity index (χ0n) is 10.6. The number of nitrogens with one attached hydrogen (secondary N) is 1. The lowest BCUT2D eigenvalue weighted by molar-refractivity contribution is 0.0601. The number of carbonyl (C=O) groups is 1. The minimum atomic E-state index is -0.467. The van der Waals surface area contributed by atoms with Gasteiger partial charge in [-0.3, -0.25) is 0 Å².